The standard InChI is InChI=1S/C32H34IO6.C12H8F2I.C10H14O3.2ClH.Na.H/c1-5-34-23(3)36-27-15-19-31(20-16-27)38-29-11-7-25(8-12-29)33-26-9-13-30(14-10-26)39-32-21-17-28(18-22-32)37-24(4)35-6-2;13-9-1-5-11(6-2-9)15-12-7-3-10(14)4-8-12;1-3-12-8(2)13-10-6-4-9(11)5-7-10;;;;/h7-24H,5-6H2,1-4H3;1-8H;4-8,11H,3H2,1-2H3;2*1H;;/q2*+1;;;;+1;-1/p-2. The van der Waals surface area contributed by atoms with Crippen LogP contribution >= 0.6 is 0 Å². The predicted molar refractivity (Wildman–Crippen MR) is 248 cm³/mol. The fourth-order valence-corrected chi connectivity index (χ4v) is 10.0. The molecule has 16 heteroatoms. The van der Waals surface area contributed by atoms with E-state index in [9.17, 15) is 8.78 Å². The zero-order valence-corrected chi connectivity index (χ0v) is 47.8. The van der Waals surface area contributed by atoms with Crippen molar-refractivity contribution in [2.75, 3.05) is 19.8 Å². The number of hydrogen-bond donors (Lipinski definition) is 1. The second-order valence-electron chi connectivity index (χ2n) is 14.0. The first-order valence-electron chi connectivity index (χ1n) is 21.7. The topological polar surface area (TPSA) is 94.1 Å². The van der Waals surface area contributed by atoms with Crippen molar-refractivity contribution in [1.82, 2.24) is 0 Å². The quantitative estimate of drug-likeness (QED) is 0.0546. The zero-order chi connectivity index (χ0) is 47.8. The first kappa shape index (κ1) is 62.2. The normalized spacial score (nSPS) is 11.4. The Morgan fingerprint density at radius 2 is 0.600 bits per heavy atom. The smallest absolute Gasteiger partial charge is 1.00 e. The van der Waals surface area contributed by atoms with Crippen LogP contribution in [0.15, 0.2) is 170 Å². The second kappa shape index (κ2) is 34.5. The monoisotopic (exact) mass is 1230 g/mol. The molecule has 7 aromatic carbocycles. The van der Waals surface area contributed by atoms with E-state index in [1.807, 2.05) is 114 Å². The van der Waals surface area contributed by atoms with Crippen LogP contribution in [-0.2, 0) is 14.2 Å². The maximum absolute atomic E-state index is 12.6. The summed E-state index contributed by atoms with van der Waals surface area (Å²) in [7, 11) is 0. The van der Waals surface area contributed by atoms with Crippen molar-refractivity contribution in [3.63, 3.8) is 0 Å². The molecule has 9 nitrogen and oxygen atoms in total. The molecule has 0 heterocycles. The van der Waals surface area contributed by atoms with Gasteiger partial charge in [-0.1, -0.05) is 0 Å². The minimum atomic E-state index is -0.330. The number of phenolic OH excluding ortho intramolecular Hbond substituents is 1. The van der Waals surface area contributed by atoms with Crippen molar-refractivity contribution in [2.45, 2.75) is 60.4 Å². The van der Waals surface area contributed by atoms with Crippen LogP contribution < -0.4 is 120 Å². The molecule has 0 saturated heterocycles. The third-order valence-electron chi connectivity index (χ3n) is 8.74. The molecular weight excluding hydrogens is 1180 g/mol. The molecule has 0 aliphatic heterocycles. The van der Waals surface area contributed by atoms with Crippen molar-refractivity contribution >= 4 is 0 Å². The van der Waals surface area contributed by atoms with Gasteiger partial charge in [0.15, 0.2) is 33.2 Å². The zero-order valence-electron chi connectivity index (χ0n) is 41.0. The van der Waals surface area contributed by atoms with Crippen LogP contribution in [0.1, 0.15) is 43.0 Å². The Balaban J connectivity index is 0.000000647. The minimum Gasteiger partial charge on any atom is -1.00 e. The average Bonchev–Trinajstić information content (AvgIpc) is 3.32. The first-order valence-corrected chi connectivity index (χ1v) is 26.0. The van der Waals surface area contributed by atoms with Gasteiger partial charge in [-0.3, -0.25) is 0 Å². The van der Waals surface area contributed by atoms with Gasteiger partial charge in [0.25, 0.3) is 0 Å². The Bertz CT molecular complexity index is 2310. The number of phenols is 1. The van der Waals surface area contributed by atoms with Crippen LogP contribution in [0.5, 0.6) is 46.0 Å². The molecule has 3 atom stereocenters. The van der Waals surface area contributed by atoms with Crippen LogP contribution in [-0.4, -0.2) is 43.8 Å². The third-order valence-corrected chi connectivity index (χ3v) is 14.1. The molecule has 0 aliphatic carbocycles. The van der Waals surface area contributed by atoms with Crippen LogP contribution in [0.25, 0.3) is 0 Å². The van der Waals surface area contributed by atoms with Gasteiger partial charge in [-0.15, -0.1) is 0 Å². The molecule has 0 aromatic heterocycles. The molecule has 3 unspecified atom stereocenters. The minimum absolute atomic E-state index is 0. The number of hydrogen-bond acceptors (Lipinski definition) is 9. The van der Waals surface area contributed by atoms with Gasteiger partial charge >= 0.3 is 72.0 Å². The fourth-order valence-electron chi connectivity index (χ4n) is 5.72. The van der Waals surface area contributed by atoms with Gasteiger partial charge < -0.3 is 69.2 Å². The Morgan fingerprint density at radius 1 is 0.386 bits per heavy atom. The molecule has 7 rings (SSSR count). The van der Waals surface area contributed by atoms with E-state index in [4.69, 9.17) is 43.0 Å². The predicted octanol–water partition coefficient (Wildman–Crippen LogP) is -1.71. The van der Waals surface area contributed by atoms with E-state index >= 15 is 0 Å². The molecule has 1 N–H and O–H groups in total. The molecule has 0 saturated carbocycles. The molecular formula is C54H57Cl2F2I2NaO9. The van der Waals surface area contributed by atoms with Gasteiger partial charge in [0.1, 0.15) is 57.6 Å². The Morgan fingerprint density at radius 3 is 0.857 bits per heavy atom. The number of ether oxygens (including phenoxy) is 8. The summed E-state index contributed by atoms with van der Waals surface area (Å²) in [6.45, 7) is 13.2. The van der Waals surface area contributed by atoms with Gasteiger partial charge in [-0.05, 0) is 211 Å². The van der Waals surface area contributed by atoms with E-state index in [1.165, 1.54) is 31.4 Å². The van der Waals surface area contributed by atoms with Gasteiger partial charge in [-0.25, -0.2) is 8.78 Å². The summed E-state index contributed by atoms with van der Waals surface area (Å²) >= 11 is -0.649. The Kier molecular flexibility index (Phi) is 30.7. The molecule has 7 aromatic rings. The van der Waals surface area contributed by atoms with E-state index < -0.39 is 0 Å². The number of rotatable bonds is 20. The van der Waals surface area contributed by atoms with Crippen LogP contribution in [0.3, 0.4) is 0 Å². The molecule has 0 bridgehead atoms. The van der Waals surface area contributed by atoms with Crippen molar-refractivity contribution in [2.24, 2.45) is 0 Å². The summed E-state index contributed by atoms with van der Waals surface area (Å²) in [6, 6.07) is 51.2. The summed E-state index contributed by atoms with van der Waals surface area (Å²) < 4.78 is 74.9. The summed E-state index contributed by atoms with van der Waals surface area (Å²) in [5.74, 6) is 5.08. The Labute approximate surface area is 467 Å². The van der Waals surface area contributed by atoms with Gasteiger partial charge in [0, 0.05) is 19.8 Å². The summed E-state index contributed by atoms with van der Waals surface area (Å²) in [5.41, 5.74) is 0. The van der Waals surface area contributed by atoms with Crippen molar-refractivity contribution in [3.8, 4) is 46.0 Å². The molecule has 0 fully saturated rings. The molecule has 0 spiro atoms. The van der Waals surface area contributed by atoms with Crippen LogP contribution in [0.2, 0.25) is 0 Å². The van der Waals surface area contributed by atoms with E-state index in [2.05, 4.69) is 24.3 Å². The first-order chi connectivity index (χ1) is 32.5. The molecule has 0 amide bonds. The largest absolute Gasteiger partial charge is 1.00 e. The van der Waals surface area contributed by atoms with Crippen molar-refractivity contribution in [3.05, 3.63) is 196 Å². The third kappa shape index (κ3) is 24.0. The molecule has 70 heavy (non-hydrogen) atoms. The van der Waals surface area contributed by atoms with E-state index in [-0.39, 0.29) is 134 Å². The number of halogens is 6. The summed E-state index contributed by atoms with van der Waals surface area (Å²) in [6.07, 6.45) is -0.821. The van der Waals surface area contributed by atoms with Crippen molar-refractivity contribution in [1.29, 1.82) is 0 Å². The molecule has 0 aliphatic rings. The summed E-state index contributed by atoms with van der Waals surface area (Å²) in [5, 5.41) is 9.01. The Hall–Kier alpha value is -3.88. The van der Waals surface area contributed by atoms with Gasteiger partial charge in [-0.2, -0.15) is 0 Å². The summed E-state index contributed by atoms with van der Waals surface area (Å²) in [4.78, 5) is 0. The van der Waals surface area contributed by atoms with E-state index in [1.54, 1.807) is 48.5 Å². The van der Waals surface area contributed by atoms with Crippen LogP contribution in [0.4, 0.5) is 8.78 Å². The number of benzene rings is 7. The van der Waals surface area contributed by atoms with Crippen LogP contribution in [0, 0.1) is 25.9 Å². The van der Waals surface area contributed by atoms with E-state index in [0.29, 0.717) is 25.6 Å². The SMILES string of the molecule is CCOC(C)Oc1ccc(O)cc1.CCOC(C)Oc1ccc(Oc2ccc([I+]c3ccc(Oc4ccc(OC(C)OCC)cc4)cc3)cc2)cc1.Fc1ccc([I+]c2ccc(F)cc2)cc1.[Cl-].[Cl-].[H-].[Na+]. The second-order valence-corrected chi connectivity index (χ2v) is 20.1. The average molecular weight is 1240 g/mol. The number of aromatic hydroxyl groups is 1. The van der Waals surface area contributed by atoms with E-state index in [0.717, 1.165) is 41.6 Å². The fraction of sp³-hybridized carbons (Fsp3) is 0.222. The molecule has 370 valence electrons. The maximum Gasteiger partial charge on any atom is 1.00 e. The molecule has 0 radical (unpaired) electrons. The maximum atomic E-state index is 12.6. The van der Waals surface area contributed by atoms with Gasteiger partial charge in [0.05, 0.1) is 0 Å². The van der Waals surface area contributed by atoms with Crippen molar-refractivity contribution < 1.29 is 150 Å². The van der Waals surface area contributed by atoms with Gasteiger partial charge in [0.2, 0.25) is 0 Å².